The van der Waals surface area contributed by atoms with Gasteiger partial charge in [-0.05, 0) is 38.5 Å². The number of aliphatic hydroxyl groups is 1. The summed E-state index contributed by atoms with van der Waals surface area (Å²) >= 11 is 0. The zero-order valence-electron chi connectivity index (χ0n) is 35.3. The summed E-state index contributed by atoms with van der Waals surface area (Å²) in [7, 11) is 0. The van der Waals surface area contributed by atoms with Crippen LogP contribution in [0.4, 0.5) is 0 Å². The van der Waals surface area contributed by atoms with Gasteiger partial charge in [0, 0.05) is 12.8 Å². The number of amides is 2. The van der Waals surface area contributed by atoms with Gasteiger partial charge in [-0.25, -0.2) is 4.79 Å². The molecule has 2 amide bonds. The number of hydrogen-bond acceptors (Lipinski definition) is 6. The molecule has 0 fully saturated rings. The number of hydrogen-bond donors (Lipinski definition) is 4. The number of carboxylic acids is 1. The van der Waals surface area contributed by atoms with Crippen LogP contribution in [0.3, 0.4) is 0 Å². The van der Waals surface area contributed by atoms with Crippen molar-refractivity contribution in [3.05, 3.63) is 0 Å². The Hall–Kier alpha value is -2.16. The zero-order valence-corrected chi connectivity index (χ0v) is 35.3. The summed E-state index contributed by atoms with van der Waals surface area (Å²) in [6.07, 6.45) is 41.3. The van der Waals surface area contributed by atoms with Gasteiger partial charge in [-0.3, -0.25) is 14.4 Å². The highest BCUT2D eigenvalue weighted by atomic mass is 16.5. The van der Waals surface area contributed by atoms with Crippen molar-refractivity contribution < 1.29 is 34.1 Å². The molecule has 9 nitrogen and oxygen atoms in total. The Bertz CT molecular complexity index is 884. The topological polar surface area (TPSA) is 142 Å². The van der Waals surface area contributed by atoms with Crippen LogP contribution in [0.25, 0.3) is 0 Å². The Morgan fingerprint density at radius 3 is 1.20 bits per heavy atom. The van der Waals surface area contributed by atoms with Crippen molar-refractivity contribution >= 4 is 23.8 Å². The van der Waals surface area contributed by atoms with Gasteiger partial charge in [0.05, 0.1) is 13.2 Å². The highest BCUT2D eigenvalue weighted by Crippen LogP contribution is 2.19. The summed E-state index contributed by atoms with van der Waals surface area (Å²) in [6.45, 7) is 3.50. The van der Waals surface area contributed by atoms with E-state index in [0.717, 1.165) is 57.8 Å². The third-order valence-electron chi connectivity index (χ3n) is 10.6. The van der Waals surface area contributed by atoms with E-state index in [1.165, 1.54) is 148 Å². The molecule has 0 aliphatic rings. The molecule has 0 heterocycles. The highest BCUT2D eigenvalue weighted by molar-refractivity contribution is 5.87. The van der Waals surface area contributed by atoms with E-state index >= 15 is 0 Å². The summed E-state index contributed by atoms with van der Waals surface area (Å²) in [6, 6.07) is -1.38. The lowest BCUT2D eigenvalue weighted by Gasteiger charge is -2.18. The number of esters is 1. The van der Waals surface area contributed by atoms with Gasteiger partial charge in [0.2, 0.25) is 11.8 Å². The standard InChI is InChI=1S/C45H86N2O7/c1-3-5-7-9-11-13-14-15-16-17-18-19-20-22-24-29-33-37-44(51)54-40(34-30-26-23-21-12-10-8-6-4-2)35-31-27-25-28-32-36-42(49)46-38-43(50)47-41(39-48)45(52)53/h40-41,48H,3-39H2,1-2H3,(H,46,49)(H,47,50)(H,52,53). The first-order chi connectivity index (χ1) is 26.3. The average Bonchev–Trinajstić information content (AvgIpc) is 3.15. The van der Waals surface area contributed by atoms with Crippen LogP contribution < -0.4 is 10.6 Å². The van der Waals surface area contributed by atoms with E-state index in [4.69, 9.17) is 14.9 Å². The quantitative estimate of drug-likeness (QED) is 0.0358. The van der Waals surface area contributed by atoms with Crippen LogP contribution in [0.5, 0.6) is 0 Å². The van der Waals surface area contributed by atoms with Crippen LogP contribution in [0.15, 0.2) is 0 Å². The van der Waals surface area contributed by atoms with Crippen LogP contribution in [-0.4, -0.2) is 59.3 Å². The van der Waals surface area contributed by atoms with Crippen LogP contribution in [0, 0.1) is 0 Å². The fourth-order valence-corrected chi connectivity index (χ4v) is 7.07. The van der Waals surface area contributed by atoms with Gasteiger partial charge in [0.25, 0.3) is 0 Å². The van der Waals surface area contributed by atoms with Crippen LogP contribution in [-0.2, 0) is 23.9 Å². The number of carbonyl (C=O) groups excluding carboxylic acids is 3. The Balaban J connectivity index is 4.16. The fraction of sp³-hybridized carbons (Fsp3) is 0.911. The largest absolute Gasteiger partial charge is 0.480 e. The molecule has 0 saturated heterocycles. The minimum Gasteiger partial charge on any atom is -0.480 e. The maximum atomic E-state index is 12.8. The van der Waals surface area contributed by atoms with Gasteiger partial charge in [-0.2, -0.15) is 0 Å². The lowest BCUT2D eigenvalue weighted by atomic mass is 10.0. The molecule has 0 saturated carbocycles. The second-order valence-electron chi connectivity index (χ2n) is 15.9. The van der Waals surface area contributed by atoms with Crippen molar-refractivity contribution in [3.63, 3.8) is 0 Å². The molecule has 0 aliphatic carbocycles. The first kappa shape index (κ1) is 51.8. The zero-order chi connectivity index (χ0) is 39.7. The molecular formula is C45H86N2O7. The summed E-state index contributed by atoms with van der Waals surface area (Å²) < 4.78 is 6.03. The van der Waals surface area contributed by atoms with E-state index in [0.29, 0.717) is 19.3 Å². The smallest absolute Gasteiger partial charge is 0.328 e. The molecular weight excluding hydrogens is 681 g/mol. The fourth-order valence-electron chi connectivity index (χ4n) is 7.07. The highest BCUT2D eigenvalue weighted by Gasteiger charge is 2.19. The van der Waals surface area contributed by atoms with E-state index in [1.807, 2.05) is 0 Å². The predicted octanol–water partition coefficient (Wildman–Crippen LogP) is 11.3. The van der Waals surface area contributed by atoms with Gasteiger partial charge < -0.3 is 25.6 Å². The van der Waals surface area contributed by atoms with Crippen molar-refractivity contribution in [3.8, 4) is 0 Å². The molecule has 0 rings (SSSR count). The Morgan fingerprint density at radius 2 is 0.833 bits per heavy atom. The van der Waals surface area contributed by atoms with E-state index in [9.17, 15) is 19.2 Å². The van der Waals surface area contributed by atoms with Gasteiger partial charge >= 0.3 is 11.9 Å². The molecule has 0 aromatic rings. The molecule has 0 aromatic heterocycles. The summed E-state index contributed by atoms with van der Waals surface area (Å²) in [4.78, 5) is 47.6. The molecule has 2 atom stereocenters. The molecule has 0 bridgehead atoms. The van der Waals surface area contributed by atoms with Crippen LogP contribution in [0.1, 0.15) is 239 Å². The lowest BCUT2D eigenvalue weighted by molar-refractivity contribution is -0.150. The normalized spacial score (nSPS) is 12.4. The van der Waals surface area contributed by atoms with Gasteiger partial charge in [0.1, 0.15) is 12.1 Å². The summed E-state index contributed by atoms with van der Waals surface area (Å²) in [5.74, 6) is -2.27. The second-order valence-corrected chi connectivity index (χ2v) is 15.9. The summed E-state index contributed by atoms with van der Waals surface area (Å²) in [5.41, 5.74) is 0. The molecule has 318 valence electrons. The number of aliphatic hydroxyl groups excluding tert-OH is 1. The van der Waals surface area contributed by atoms with Crippen molar-refractivity contribution in [2.75, 3.05) is 13.2 Å². The molecule has 0 aliphatic heterocycles. The number of nitrogens with one attached hydrogen (secondary N) is 2. The van der Waals surface area contributed by atoms with Crippen LogP contribution in [0.2, 0.25) is 0 Å². The number of carboxylic acid groups (broad SMARTS) is 1. The molecule has 0 aromatic carbocycles. The first-order valence-corrected chi connectivity index (χ1v) is 22.9. The number of unbranched alkanes of at least 4 members (excludes halogenated alkanes) is 28. The number of rotatable bonds is 42. The van der Waals surface area contributed by atoms with E-state index < -0.39 is 24.5 Å². The van der Waals surface area contributed by atoms with E-state index in [-0.39, 0.29) is 24.5 Å². The second kappa shape index (κ2) is 40.5. The van der Waals surface area contributed by atoms with Crippen molar-refractivity contribution in [1.29, 1.82) is 0 Å². The Kier molecular flexibility index (Phi) is 38.9. The minimum atomic E-state index is -1.38. The third-order valence-corrected chi connectivity index (χ3v) is 10.6. The minimum absolute atomic E-state index is 0.00340. The predicted molar refractivity (Wildman–Crippen MR) is 222 cm³/mol. The SMILES string of the molecule is CCCCCCCCCCCCCCCCCCCC(=O)OC(CCCCCCCCCCC)CCCCCCCC(=O)NCC(=O)NC(CO)C(=O)O. The van der Waals surface area contributed by atoms with Crippen molar-refractivity contribution in [1.82, 2.24) is 10.6 Å². The maximum absolute atomic E-state index is 12.8. The lowest BCUT2D eigenvalue weighted by Crippen LogP contribution is -2.47. The van der Waals surface area contributed by atoms with Gasteiger partial charge in [-0.1, -0.05) is 187 Å². The molecule has 4 N–H and O–H groups in total. The average molecular weight is 767 g/mol. The number of aliphatic carboxylic acids is 1. The van der Waals surface area contributed by atoms with Gasteiger partial charge in [-0.15, -0.1) is 0 Å². The van der Waals surface area contributed by atoms with Crippen LogP contribution >= 0.6 is 0 Å². The molecule has 0 radical (unpaired) electrons. The Morgan fingerprint density at radius 1 is 0.481 bits per heavy atom. The number of ether oxygens (including phenoxy) is 1. The van der Waals surface area contributed by atoms with Gasteiger partial charge in [0.15, 0.2) is 0 Å². The van der Waals surface area contributed by atoms with E-state index in [1.54, 1.807) is 0 Å². The first-order valence-electron chi connectivity index (χ1n) is 22.9. The maximum Gasteiger partial charge on any atom is 0.328 e. The Labute approximate surface area is 331 Å². The molecule has 9 heteroatoms. The van der Waals surface area contributed by atoms with Crippen molar-refractivity contribution in [2.24, 2.45) is 0 Å². The molecule has 54 heavy (non-hydrogen) atoms. The monoisotopic (exact) mass is 767 g/mol. The molecule has 2 unspecified atom stereocenters. The van der Waals surface area contributed by atoms with Crippen molar-refractivity contribution in [2.45, 2.75) is 251 Å². The number of carbonyl (C=O) groups is 4. The molecule has 0 spiro atoms. The summed E-state index contributed by atoms with van der Waals surface area (Å²) in [5, 5.41) is 22.6. The third kappa shape index (κ3) is 36.8. The van der Waals surface area contributed by atoms with E-state index in [2.05, 4.69) is 24.5 Å².